The molecule has 3 heterocycles. The van der Waals surface area contributed by atoms with Crippen LogP contribution < -0.4 is 15.1 Å². The van der Waals surface area contributed by atoms with E-state index in [1.54, 1.807) is 44.7 Å². The first-order chi connectivity index (χ1) is 18.6. The van der Waals surface area contributed by atoms with Crippen molar-refractivity contribution in [3.05, 3.63) is 46.3 Å². The van der Waals surface area contributed by atoms with Crippen molar-refractivity contribution in [1.29, 1.82) is 0 Å². The number of ether oxygens (including phenoxy) is 2. The molecule has 2 amide bonds. The Morgan fingerprint density at radius 1 is 1.26 bits per heavy atom. The van der Waals surface area contributed by atoms with Crippen molar-refractivity contribution in [3.63, 3.8) is 0 Å². The van der Waals surface area contributed by atoms with Gasteiger partial charge in [-0.15, -0.1) is 11.3 Å². The van der Waals surface area contributed by atoms with Crippen LogP contribution in [0.2, 0.25) is 0 Å². The first-order valence-corrected chi connectivity index (χ1v) is 14.2. The van der Waals surface area contributed by atoms with Crippen LogP contribution in [0.25, 0.3) is 5.69 Å². The molecule has 0 saturated heterocycles. The van der Waals surface area contributed by atoms with Crippen molar-refractivity contribution in [1.82, 2.24) is 10.2 Å². The average Bonchev–Trinajstić information content (AvgIpc) is 3.42. The molecule has 39 heavy (non-hydrogen) atoms. The highest BCUT2D eigenvalue weighted by Gasteiger charge is 2.32. The molecule has 208 valence electrons. The molecular formula is C26H30N4O7S2. The summed E-state index contributed by atoms with van der Waals surface area (Å²) in [5.74, 6) is -1.16. The van der Waals surface area contributed by atoms with Crippen LogP contribution in [0.15, 0.2) is 39.9 Å². The number of aromatic nitrogens is 2. The summed E-state index contributed by atoms with van der Waals surface area (Å²) in [6.07, 6.45) is 0.0735. The predicted octanol–water partition coefficient (Wildman–Crippen LogP) is 3.68. The van der Waals surface area contributed by atoms with Crippen LogP contribution in [0.5, 0.6) is 5.95 Å². The number of nitrogens with zero attached hydrogens (tertiary/aromatic N) is 3. The van der Waals surface area contributed by atoms with Crippen molar-refractivity contribution < 1.29 is 38.2 Å². The zero-order valence-electron chi connectivity index (χ0n) is 22.1. The molecule has 0 atom stereocenters. The molecule has 13 heteroatoms. The molecule has 1 aliphatic heterocycles. The fraction of sp³-hybridized carbons (Fsp3) is 0.423. The number of thiophene rings is 1. The Morgan fingerprint density at radius 2 is 2.00 bits per heavy atom. The van der Waals surface area contributed by atoms with E-state index in [1.165, 1.54) is 16.0 Å². The summed E-state index contributed by atoms with van der Waals surface area (Å²) in [5, 5.41) is 19.4. The third-order valence-corrected chi connectivity index (χ3v) is 7.74. The van der Waals surface area contributed by atoms with Gasteiger partial charge in [0.05, 0.1) is 24.0 Å². The summed E-state index contributed by atoms with van der Waals surface area (Å²) in [7, 11) is 0. The number of carbonyl (C=O) groups excluding carboxylic acids is 3. The third-order valence-electron chi connectivity index (χ3n) is 5.58. The van der Waals surface area contributed by atoms with Crippen LogP contribution in [-0.2, 0) is 27.2 Å². The number of hydrogen-bond donors (Lipinski definition) is 1. The average molecular weight is 575 g/mol. The maximum absolute atomic E-state index is 12.9. The Bertz CT molecular complexity index is 1350. The normalized spacial score (nSPS) is 13.1. The number of carbonyl (C=O) groups is 3. The Hall–Kier alpha value is -3.58. The van der Waals surface area contributed by atoms with Crippen LogP contribution in [0, 0.1) is 0 Å². The second-order valence-electron chi connectivity index (χ2n) is 9.64. The van der Waals surface area contributed by atoms with Crippen molar-refractivity contribution in [3.8, 4) is 11.6 Å². The Kier molecular flexibility index (Phi) is 8.80. The minimum Gasteiger partial charge on any atom is -0.538 e. The van der Waals surface area contributed by atoms with Crippen molar-refractivity contribution in [2.45, 2.75) is 57.7 Å². The number of fused-ring (bicyclic) bond motifs is 1. The molecule has 0 unspecified atom stereocenters. The topological polar surface area (TPSA) is 138 Å². The molecular weight excluding hydrogens is 544 g/mol. The molecule has 0 aliphatic carbocycles. The highest BCUT2D eigenvalue weighted by Crippen LogP contribution is 2.38. The maximum atomic E-state index is 12.9. The molecule has 0 spiro atoms. The number of amides is 2. The van der Waals surface area contributed by atoms with E-state index >= 15 is 0 Å². The monoisotopic (exact) mass is 574 g/mol. The van der Waals surface area contributed by atoms with E-state index in [4.69, 9.17) is 14.0 Å². The van der Waals surface area contributed by atoms with Crippen molar-refractivity contribution in [2.75, 3.05) is 24.2 Å². The third kappa shape index (κ3) is 6.90. The van der Waals surface area contributed by atoms with Gasteiger partial charge in [0.25, 0.3) is 5.03 Å². The number of rotatable bonds is 8. The predicted molar refractivity (Wildman–Crippen MR) is 142 cm³/mol. The van der Waals surface area contributed by atoms with Gasteiger partial charge in [-0.3, -0.25) is 4.79 Å². The Balaban J connectivity index is 1.45. The number of benzene rings is 1. The fourth-order valence-corrected chi connectivity index (χ4v) is 6.08. The van der Waals surface area contributed by atoms with Crippen LogP contribution >= 0.6 is 23.1 Å². The van der Waals surface area contributed by atoms with Gasteiger partial charge >= 0.3 is 12.1 Å². The molecule has 0 radical (unpaired) electrons. The summed E-state index contributed by atoms with van der Waals surface area (Å²) in [6, 6.07) is 9.06. The molecule has 1 N–H and O–H groups in total. The largest absolute Gasteiger partial charge is 0.538 e. The molecule has 2 aromatic heterocycles. The van der Waals surface area contributed by atoms with E-state index in [0.717, 1.165) is 22.2 Å². The van der Waals surface area contributed by atoms with E-state index in [2.05, 4.69) is 10.6 Å². The minimum absolute atomic E-state index is 0.0684. The summed E-state index contributed by atoms with van der Waals surface area (Å²) >= 11 is 2.40. The van der Waals surface area contributed by atoms with E-state index in [0.29, 0.717) is 29.2 Å². The molecule has 0 fully saturated rings. The molecule has 11 nitrogen and oxygen atoms in total. The van der Waals surface area contributed by atoms with E-state index in [1.807, 2.05) is 18.2 Å². The SMILES string of the molecule is CCOC(=O)c1c(NC(=O)CCSc2c([O-])on[n+]2-c2ccccc2)sc2c1CCN(C(=O)OC(C)(C)C)C2. The summed E-state index contributed by atoms with van der Waals surface area (Å²) in [4.78, 5) is 40.7. The number of esters is 1. The second-order valence-corrected chi connectivity index (χ2v) is 11.8. The highest BCUT2D eigenvalue weighted by atomic mass is 32.2. The zero-order valence-corrected chi connectivity index (χ0v) is 23.8. The molecule has 0 saturated carbocycles. The van der Waals surface area contributed by atoms with Gasteiger partial charge in [-0.1, -0.05) is 30.0 Å². The van der Waals surface area contributed by atoms with Gasteiger partial charge in [0.2, 0.25) is 11.6 Å². The van der Waals surface area contributed by atoms with E-state index < -0.39 is 23.6 Å². The quantitative estimate of drug-likeness (QED) is 0.243. The number of anilines is 1. The molecule has 0 bridgehead atoms. The zero-order chi connectivity index (χ0) is 28.2. The van der Waals surface area contributed by atoms with E-state index in [-0.39, 0.29) is 36.3 Å². The summed E-state index contributed by atoms with van der Waals surface area (Å²) in [5.41, 5.74) is 1.13. The maximum Gasteiger partial charge on any atom is 0.410 e. The molecule has 3 aromatic rings. The Morgan fingerprint density at radius 3 is 2.69 bits per heavy atom. The second kappa shape index (κ2) is 12.1. The fourth-order valence-electron chi connectivity index (χ4n) is 3.92. The van der Waals surface area contributed by atoms with Crippen LogP contribution in [0.3, 0.4) is 0 Å². The molecule has 4 rings (SSSR count). The van der Waals surface area contributed by atoms with Gasteiger partial charge in [-0.05, 0) is 44.4 Å². The number of thioether (sulfide) groups is 1. The first-order valence-electron chi connectivity index (χ1n) is 12.4. The number of nitrogens with one attached hydrogen (secondary N) is 1. The lowest BCUT2D eigenvalue weighted by molar-refractivity contribution is -0.705. The lowest BCUT2D eigenvalue weighted by atomic mass is 10.0. The Labute approximate surface area is 234 Å². The van der Waals surface area contributed by atoms with Crippen LogP contribution in [-0.4, -0.2) is 52.6 Å². The minimum atomic E-state index is -0.625. The van der Waals surface area contributed by atoms with Crippen LogP contribution in [0.1, 0.15) is 54.9 Å². The molecule has 1 aromatic carbocycles. The summed E-state index contributed by atoms with van der Waals surface area (Å²) in [6.45, 7) is 7.97. The number of hydrogen-bond acceptors (Lipinski definition) is 10. The lowest BCUT2D eigenvalue weighted by Gasteiger charge is -2.30. The van der Waals surface area contributed by atoms with Crippen molar-refractivity contribution >= 4 is 46.1 Å². The smallest absolute Gasteiger partial charge is 0.410 e. The van der Waals surface area contributed by atoms with Gasteiger partial charge in [0.15, 0.2) is 5.95 Å². The summed E-state index contributed by atoms with van der Waals surface area (Å²) < 4.78 is 17.0. The first kappa shape index (κ1) is 28.4. The number of para-hydroxylation sites is 1. The van der Waals surface area contributed by atoms with Crippen LogP contribution in [0.4, 0.5) is 9.80 Å². The lowest BCUT2D eigenvalue weighted by Crippen LogP contribution is -2.39. The van der Waals surface area contributed by atoms with Gasteiger partial charge in [-0.25, -0.2) is 9.59 Å². The standard InChI is InChI=1S/C26H30N4O7S2/c1-5-35-23(32)20-17-11-13-29(25(34)36-26(2,3)4)15-18(17)39-21(20)27-19(31)12-14-38-22-24(33)37-28-30(22)16-9-7-6-8-10-16/h6-10H,5,11-15H2,1-4H3,(H-,27,28,31,32,33). The van der Waals surface area contributed by atoms with Gasteiger partial charge in [-0.2, -0.15) is 0 Å². The van der Waals surface area contributed by atoms with Crippen molar-refractivity contribution in [2.24, 2.45) is 0 Å². The highest BCUT2D eigenvalue weighted by molar-refractivity contribution is 7.99. The molecule has 1 aliphatic rings. The van der Waals surface area contributed by atoms with Gasteiger partial charge < -0.3 is 29.3 Å². The van der Waals surface area contributed by atoms with E-state index in [9.17, 15) is 19.5 Å². The van der Waals surface area contributed by atoms with Gasteiger partial charge in [0, 0.05) is 35.7 Å². The van der Waals surface area contributed by atoms with Gasteiger partial charge in [0.1, 0.15) is 10.6 Å².